The van der Waals surface area contributed by atoms with E-state index in [1.54, 1.807) is 0 Å². The van der Waals surface area contributed by atoms with Crippen LogP contribution in [-0.4, -0.2) is 68.5 Å². The second-order valence-corrected chi connectivity index (χ2v) is 23.5. The molecule has 1 unspecified atom stereocenters. The Morgan fingerprint density at radius 3 is 1.01 bits per heavy atom. The number of rotatable bonds is 56. The number of carbonyl (C=O) groups is 1. The minimum absolute atomic E-state index is 0.0163. The molecule has 0 aromatic heterocycles. The van der Waals surface area contributed by atoms with Gasteiger partial charge in [-0.15, -0.1) is 0 Å². The number of aliphatic hydroxyl groups excluding tert-OH is 1. The minimum Gasteiger partial charge on any atom is -0.756 e. The number of unbranched alkanes of at least 4 members (excludes halogenated alkanes) is 43. The van der Waals surface area contributed by atoms with E-state index in [0.29, 0.717) is 23.9 Å². The van der Waals surface area contributed by atoms with E-state index in [2.05, 4.69) is 19.2 Å². The standard InChI is InChI=1S/C58H119N2O6P/c1-6-8-10-12-14-16-18-20-21-22-23-24-25-26-27-28-29-30-31-32-33-34-35-36-37-38-39-40-42-44-46-48-50-52-58(62)59-56(55-66-67(63,64)65-54-53-60(3,4)5)57(61)51-49-47-45-43-41-19-17-15-13-11-9-7-2/h56-57,61H,6-55H2,1-5H3,(H-,59,62,63,64)/t56-,57+/m0/s1. The molecule has 67 heavy (non-hydrogen) atoms. The second kappa shape index (κ2) is 50.4. The fourth-order valence-corrected chi connectivity index (χ4v) is 10.1. The van der Waals surface area contributed by atoms with Gasteiger partial charge in [0.1, 0.15) is 13.2 Å². The van der Waals surface area contributed by atoms with E-state index < -0.39 is 20.0 Å². The number of nitrogens with zero attached hydrogens (tertiary/aromatic N) is 1. The number of phosphoric ester groups is 1. The predicted octanol–water partition coefficient (Wildman–Crippen LogP) is 17.4. The number of amides is 1. The zero-order chi connectivity index (χ0) is 49.2. The molecular formula is C58H119N2O6P. The summed E-state index contributed by atoms with van der Waals surface area (Å²) in [6.45, 7) is 4.76. The van der Waals surface area contributed by atoms with Crippen LogP contribution in [0.5, 0.6) is 0 Å². The smallest absolute Gasteiger partial charge is 0.268 e. The lowest BCUT2D eigenvalue weighted by Crippen LogP contribution is -2.46. The van der Waals surface area contributed by atoms with Crippen molar-refractivity contribution in [2.45, 2.75) is 328 Å². The molecule has 0 heterocycles. The number of aliphatic hydroxyl groups is 1. The van der Waals surface area contributed by atoms with E-state index in [9.17, 15) is 19.4 Å². The van der Waals surface area contributed by atoms with Crippen molar-refractivity contribution in [1.29, 1.82) is 0 Å². The molecule has 0 aromatic carbocycles. The summed E-state index contributed by atoms with van der Waals surface area (Å²) >= 11 is 0. The van der Waals surface area contributed by atoms with E-state index in [4.69, 9.17) is 9.05 Å². The molecule has 0 spiro atoms. The fraction of sp³-hybridized carbons (Fsp3) is 0.983. The highest BCUT2D eigenvalue weighted by Gasteiger charge is 2.24. The average molecular weight is 972 g/mol. The molecule has 0 saturated carbocycles. The van der Waals surface area contributed by atoms with E-state index in [1.165, 1.54) is 250 Å². The highest BCUT2D eigenvalue weighted by atomic mass is 31.2. The summed E-state index contributed by atoms with van der Waals surface area (Å²) in [5.74, 6) is -0.158. The molecule has 1 amide bonds. The topological polar surface area (TPSA) is 108 Å². The molecule has 0 radical (unpaired) electrons. The van der Waals surface area contributed by atoms with Gasteiger partial charge >= 0.3 is 0 Å². The zero-order valence-electron chi connectivity index (χ0n) is 45.9. The normalized spacial score (nSPS) is 13.8. The molecule has 402 valence electrons. The van der Waals surface area contributed by atoms with Crippen molar-refractivity contribution in [3.8, 4) is 0 Å². The van der Waals surface area contributed by atoms with Crippen LogP contribution < -0.4 is 10.2 Å². The first kappa shape index (κ1) is 66.5. The molecule has 2 N–H and O–H groups in total. The van der Waals surface area contributed by atoms with Crippen LogP contribution in [0.1, 0.15) is 316 Å². The highest BCUT2D eigenvalue weighted by Crippen LogP contribution is 2.38. The van der Waals surface area contributed by atoms with Crippen molar-refractivity contribution in [1.82, 2.24) is 5.32 Å². The van der Waals surface area contributed by atoms with E-state index in [0.717, 1.165) is 38.5 Å². The zero-order valence-corrected chi connectivity index (χ0v) is 46.8. The third-order valence-corrected chi connectivity index (χ3v) is 15.1. The van der Waals surface area contributed by atoms with Gasteiger partial charge in [-0.2, -0.15) is 0 Å². The first-order chi connectivity index (χ1) is 32.5. The summed E-state index contributed by atoms with van der Waals surface area (Å²) < 4.78 is 23.4. The molecule has 0 aromatic rings. The molecule has 0 saturated heterocycles. The average Bonchev–Trinajstić information content (AvgIpc) is 3.29. The van der Waals surface area contributed by atoms with Crippen LogP contribution in [0.2, 0.25) is 0 Å². The number of nitrogens with one attached hydrogen (secondary N) is 1. The molecule has 0 fully saturated rings. The lowest BCUT2D eigenvalue weighted by molar-refractivity contribution is -0.870. The Morgan fingerprint density at radius 2 is 0.731 bits per heavy atom. The van der Waals surface area contributed by atoms with E-state index in [-0.39, 0.29) is 19.1 Å². The largest absolute Gasteiger partial charge is 0.756 e. The molecule has 8 nitrogen and oxygen atoms in total. The lowest BCUT2D eigenvalue weighted by Gasteiger charge is -2.30. The second-order valence-electron chi connectivity index (χ2n) is 22.1. The summed E-state index contributed by atoms with van der Waals surface area (Å²) in [6, 6.07) is -0.794. The summed E-state index contributed by atoms with van der Waals surface area (Å²) in [6.07, 6.45) is 60.2. The summed E-state index contributed by atoms with van der Waals surface area (Å²) in [4.78, 5) is 25.5. The number of phosphoric acid groups is 1. The van der Waals surface area contributed by atoms with Gasteiger partial charge in [-0.1, -0.05) is 296 Å². The Hall–Kier alpha value is -0.500. The summed E-state index contributed by atoms with van der Waals surface area (Å²) in [5.41, 5.74) is 0. The maximum Gasteiger partial charge on any atom is 0.268 e. The quantitative estimate of drug-likeness (QED) is 0.0357. The maximum absolute atomic E-state index is 13.0. The van der Waals surface area contributed by atoms with Gasteiger partial charge in [0.05, 0.1) is 39.9 Å². The van der Waals surface area contributed by atoms with Crippen LogP contribution in [0.15, 0.2) is 0 Å². The monoisotopic (exact) mass is 971 g/mol. The SMILES string of the molecule is CCCCCCCCCCCCCCCCCCCCCCCCCCCCCCCCCCCC(=O)N[C@@H](COP(=O)([O-])OCC[N+](C)(C)C)[C@H](O)CCCCCCCCCCCCCC. The van der Waals surface area contributed by atoms with Gasteiger partial charge in [-0.25, -0.2) is 0 Å². The van der Waals surface area contributed by atoms with Crippen molar-refractivity contribution in [3.63, 3.8) is 0 Å². The van der Waals surface area contributed by atoms with Gasteiger partial charge in [-0.05, 0) is 12.8 Å². The Labute approximate surface area is 419 Å². The van der Waals surface area contributed by atoms with Gasteiger partial charge < -0.3 is 28.8 Å². The van der Waals surface area contributed by atoms with Gasteiger partial charge in [0.2, 0.25) is 5.91 Å². The first-order valence-electron chi connectivity index (χ1n) is 29.9. The van der Waals surface area contributed by atoms with Gasteiger partial charge in [0.15, 0.2) is 0 Å². The summed E-state index contributed by atoms with van der Waals surface area (Å²) in [5, 5.41) is 14.0. The van der Waals surface area contributed by atoms with Crippen molar-refractivity contribution in [2.75, 3.05) is 40.9 Å². The molecule has 0 aliphatic heterocycles. The van der Waals surface area contributed by atoms with Gasteiger partial charge in [0.25, 0.3) is 7.82 Å². The number of hydrogen-bond donors (Lipinski definition) is 2. The van der Waals surface area contributed by atoms with Crippen molar-refractivity contribution in [3.05, 3.63) is 0 Å². The van der Waals surface area contributed by atoms with Crippen LogP contribution in [-0.2, 0) is 18.4 Å². The molecule has 9 heteroatoms. The van der Waals surface area contributed by atoms with Crippen molar-refractivity contribution >= 4 is 13.7 Å². The molecule has 0 aliphatic carbocycles. The Bertz CT molecular complexity index is 1060. The number of likely N-dealkylation sites (N-methyl/N-ethyl adjacent to an activating group) is 1. The molecular weight excluding hydrogens is 852 g/mol. The molecule has 0 rings (SSSR count). The van der Waals surface area contributed by atoms with Crippen LogP contribution in [0, 0.1) is 0 Å². The number of hydrogen-bond acceptors (Lipinski definition) is 6. The van der Waals surface area contributed by atoms with Crippen LogP contribution >= 0.6 is 7.82 Å². The Balaban J connectivity index is 3.89. The van der Waals surface area contributed by atoms with Crippen molar-refractivity contribution < 1.29 is 32.9 Å². The third-order valence-electron chi connectivity index (χ3n) is 14.1. The number of carbonyl (C=O) groups excluding carboxylic acids is 1. The third kappa shape index (κ3) is 53.1. The minimum atomic E-state index is -4.56. The fourth-order valence-electron chi connectivity index (χ4n) is 9.40. The van der Waals surface area contributed by atoms with E-state index >= 15 is 0 Å². The lowest BCUT2D eigenvalue weighted by atomic mass is 10.0. The highest BCUT2D eigenvalue weighted by molar-refractivity contribution is 7.45. The maximum atomic E-state index is 13.0. The molecule has 3 atom stereocenters. The first-order valence-corrected chi connectivity index (χ1v) is 31.3. The van der Waals surface area contributed by atoms with Crippen LogP contribution in [0.25, 0.3) is 0 Å². The van der Waals surface area contributed by atoms with Crippen LogP contribution in [0.4, 0.5) is 0 Å². The molecule has 0 bridgehead atoms. The van der Waals surface area contributed by atoms with Gasteiger partial charge in [-0.3, -0.25) is 9.36 Å². The van der Waals surface area contributed by atoms with E-state index in [1.807, 2.05) is 21.1 Å². The Morgan fingerprint density at radius 1 is 0.463 bits per heavy atom. The molecule has 0 aliphatic rings. The Kier molecular flexibility index (Phi) is 50.1. The number of quaternary nitrogens is 1. The summed E-state index contributed by atoms with van der Waals surface area (Å²) in [7, 11) is 1.32. The van der Waals surface area contributed by atoms with Crippen molar-refractivity contribution in [2.24, 2.45) is 0 Å². The van der Waals surface area contributed by atoms with Crippen LogP contribution in [0.3, 0.4) is 0 Å². The van der Waals surface area contributed by atoms with Gasteiger partial charge in [0, 0.05) is 6.42 Å². The predicted molar refractivity (Wildman–Crippen MR) is 289 cm³/mol.